The molecule has 0 aliphatic rings. The second kappa shape index (κ2) is 9.02. The average molecular weight is 458 g/mol. The summed E-state index contributed by atoms with van der Waals surface area (Å²) in [6.45, 7) is 0. The summed E-state index contributed by atoms with van der Waals surface area (Å²) in [5.74, 6) is -0.145. The highest BCUT2D eigenvalue weighted by atomic mass is 79.9. The van der Waals surface area contributed by atoms with Gasteiger partial charge in [-0.1, -0.05) is 15.9 Å². The third-order valence-electron chi connectivity index (χ3n) is 3.74. The molecule has 0 radical (unpaired) electrons. The van der Waals surface area contributed by atoms with Gasteiger partial charge in [0, 0.05) is 10.0 Å². The number of nitrogens with zero attached hydrogens (tertiary/aromatic N) is 2. The first kappa shape index (κ1) is 20.1. The monoisotopic (exact) mass is 457 g/mol. The van der Waals surface area contributed by atoms with Crippen LogP contribution in [-0.4, -0.2) is 29.0 Å². The number of esters is 1. The Kier molecular flexibility index (Phi) is 6.25. The summed E-state index contributed by atoms with van der Waals surface area (Å²) in [4.78, 5) is 31.7. The van der Waals surface area contributed by atoms with E-state index < -0.39 is 5.97 Å². The largest absolute Gasteiger partial charge is 0.465 e. The SMILES string of the molecule is COC(=O)c1ccc(Oc2ncnc(NNC(=O)c3ccc(Br)cc3)c2N)cc1. The molecule has 1 heterocycles. The van der Waals surface area contributed by atoms with Crippen molar-refractivity contribution >= 4 is 39.3 Å². The summed E-state index contributed by atoms with van der Waals surface area (Å²) in [6, 6.07) is 13.1. The molecule has 0 aliphatic carbocycles. The van der Waals surface area contributed by atoms with E-state index in [1.165, 1.54) is 13.4 Å². The lowest BCUT2D eigenvalue weighted by Gasteiger charge is -2.12. The zero-order valence-electron chi connectivity index (χ0n) is 15.2. The van der Waals surface area contributed by atoms with Gasteiger partial charge in [-0.2, -0.15) is 4.98 Å². The molecule has 0 bridgehead atoms. The fourth-order valence-electron chi connectivity index (χ4n) is 2.24. The van der Waals surface area contributed by atoms with E-state index in [-0.39, 0.29) is 23.3 Å². The summed E-state index contributed by atoms with van der Waals surface area (Å²) in [5.41, 5.74) is 12.1. The number of anilines is 2. The first-order valence-corrected chi connectivity index (χ1v) is 9.06. The van der Waals surface area contributed by atoms with Gasteiger partial charge in [-0.25, -0.2) is 9.78 Å². The molecular weight excluding hydrogens is 442 g/mol. The van der Waals surface area contributed by atoms with Crippen LogP contribution in [0.3, 0.4) is 0 Å². The van der Waals surface area contributed by atoms with E-state index >= 15 is 0 Å². The average Bonchev–Trinajstić information content (AvgIpc) is 2.74. The number of aromatic nitrogens is 2. The maximum atomic E-state index is 12.2. The number of carbonyl (C=O) groups excluding carboxylic acids is 2. The number of benzene rings is 2. The quantitative estimate of drug-likeness (QED) is 0.380. The van der Waals surface area contributed by atoms with Gasteiger partial charge < -0.3 is 15.2 Å². The molecule has 1 amide bonds. The molecule has 9 nitrogen and oxygen atoms in total. The Bertz CT molecular complexity index is 1030. The Balaban J connectivity index is 1.68. The van der Waals surface area contributed by atoms with Crippen LogP contribution in [0.5, 0.6) is 11.6 Å². The minimum Gasteiger partial charge on any atom is -0.465 e. The summed E-state index contributed by atoms with van der Waals surface area (Å²) in [5, 5.41) is 0. The van der Waals surface area contributed by atoms with Crippen molar-refractivity contribution in [3.05, 3.63) is 70.5 Å². The number of methoxy groups -OCH3 is 1. The molecule has 0 saturated heterocycles. The van der Waals surface area contributed by atoms with E-state index in [2.05, 4.69) is 41.5 Å². The molecule has 29 heavy (non-hydrogen) atoms. The first-order chi connectivity index (χ1) is 14.0. The highest BCUT2D eigenvalue weighted by molar-refractivity contribution is 9.10. The second-order valence-electron chi connectivity index (χ2n) is 5.65. The number of amides is 1. The number of hydrogen-bond donors (Lipinski definition) is 3. The van der Waals surface area contributed by atoms with E-state index in [0.717, 1.165) is 4.47 Å². The van der Waals surface area contributed by atoms with Crippen LogP contribution in [0.1, 0.15) is 20.7 Å². The highest BCUT2D eigenvalue weighted by Gasteiger charge is 2.13. The van der Waals surface area contributed by atoms with Gasteiger partial charge >= 0.3 is 5.97 Å². The zero-order valence-corrected chi connectivity index (χ0v) is 16.8. The normalized spacial score (nSPS) is 10.1. The molecule has 0 fully saturated rings. The number of carbonyl (C=O) groups is 2. The van der Waals surface area contributed by atoms with Gasteiger partial charge in [0.05, 0.1) is 12.7 Å². The molecule has 0 saturated carbocycles. The predicted molar refractivity (Wildman–Crippen MR) is 110 cm³/mol. The van der Waals surface area contributed by atoms with Crippen LogP contribution in [0.4, 0.5) is 11.5 Å². The Hall–Kier alpha value is -3.66. The highest BCUT2D eigenvalue weighted by Crippen LogP contribution is 2.29. The summed E-state index contributed by atoms with van der Waals surface area (Å²) < 4.78 is 11.1. The number of nitrogens with one attached hydrogen (secondary N) is 2. The van der Waals surface area contributed by atoms with Crippen molar-refractivity contribution in [3.63, 3.8) is 0 Å². The lowest BCUT2D eigenvalue weighted by molar-refractivity contribution is 0.0600. The molecule has 10 heteroatoms. The molecule has 2 aromatic carbocycles. The van der Waals surface area contributed by atoms with E-state index in [4.69, 9.17) is 10.5 Å². The van der Waals surface area contributed by atoms with Crippen LogP contribution >= 0.6 is 15.9 Å². The standard InChI is InChI=1S/C19H16BrN5O4/c1-28-19(27)12-4-8-14(9-5-12)29-18-15(21)16(22-10-23-18)24-25-17(26)11-2-6-13(20)7-3-11/h2-10H,21H2,1H3,(H,25,26)(H,22,23,24). The second-order valence-corrected chi connectivity index (χ2v) is 6.56. The van der Waals surface area contributed by atoms with E-state index in [9.17, 15) is 9.59 Å². The van der Waals surface area contributed by atoms with Crippen molar-refractivity contribution in [2.45, 2.75) is 0 Å². The number of halogens is 1. The molecule has 0 unspecified atom stereocenters. The topological polar surface area (TPSA) is 128 Å². The van der Waals surface area contributed by atoms with Crippen molar-refractivity contribution < 1.29 is 19.1 Å². The Morgan fingerprint density at radius 1 is 1.00 bits per heavy atom. The van der Waals surface area contributed by atoms with Crippen LogP contribution in [0.15, 0.2) is 59.3 Å². The number of nitrogen functional groups attached to an aromatic ring is 1. The van der Waals surface area contributed by atoms with E-state index in [0.29, 0.717) is 16.9 Å². The molecule has 4 N–H and O–H groups in total. The Morgan fingerprint density at radius 2 is 1.66 bits per heavy atom. The van der Waals surface area contributed by atoms with Gasteiger partial charge in [-0.15, -0.1) is 0 Å². The third-order valence-corrected chi connectivity index (χ3v) is 4.27. The Labute approximate surface area is 174 Å². The van der Waals surface area contributed by atoms with Crippen molar-refractivity contribution in [3.8, 4) is 11.6 Å². The maximum Gasteiger partial charge on any atom is 0.337 e. The molecule has 0 aliphatic heterocycles. The predicted octanol–water partition coefficient (Wildman–Crippen LogP) is 3.16. The van der Waals surface area contributed by atoms with Gasteiger partial charge in [0.1, 0.15) is 17.8 Å². The number of rotatable bonds is 6. The van der Waals surface area contributed by atoms with Crippen LogP contribution in [-0.2, 0) is 4.74 Å². The van der Waals surface area contributed by atoms with Gasteiger partial charge in [0.25, 0.3) is 5.91 Å². The summed E-state index contributed by atoms with van der Waals surface area (Å²) in [7, 11) is 1.30. The fraction of sp³-hybridized carbons (Fsp3) is 0.0526. The van der Waals surface area contributed by atoms with Crippen molar-refractivity contribution in [1.82, 2.24) is 15.4 Å². The zero-order chi connectivity index (χ0) is 20.8. The molecular formula is C19H16BrN5O4. The first-order valence-electron chi connectivity index (χ1n) is 8.26. The van der Waals surface area contributed by atoms with Gasteiger partial charge in [-0.05, 0) is 48.5 Å². The summed E-state index contributed by atoms with van der Waals surface area (Å²) >= 11 is 3.31. The molecule has 0 spiro atoms. The minimum atomic E-state index is -0.453. The smallest absolute Gasteiger partial charge is 0.337 e. The van der Waals surface area contributed by atoms with Crippen molar-refractivity contribution in [1.29, 1.82) is 0 Å². The van der Waals surface area contributed by atoms with Crippen LogP contribution in [0, 0.1) is 0 Å². The number of ether oxygens (including phenoxy) is 2. The van der Waals surface area contributed by atoms with Crippen molar-refractivity contribution in [2.24, 2.45) is 0 Å². The van der Waals surface area contributed by atoms with E-state index in [1.807, 2.05) is 0 Å². The lowest BCUT2D eigenvalue weighted by atomic mass is 10.2. The van der Waals surface area contributed by atoms with Gasteiger partial charge in [0.15, 0.2) is 5.82 Å². The fourth-order valence-corrected chi connectivity index (χ4v) is 2.50. The Morgan fingerprint density at radius 3 is 2.31 bits per heavy atom. The van der Waals surface area contributed by atoms with Gasteiger partial charge in [0.2, 0.25) is 5.88 Å². The third kappa shape index (κ3) is 4.99. The summed E-state index contributed by atoms with van der Waals surface area (Å²) in [6.07, 6.45) is 1.24. The molecule has 0 atom stereocenters. The lowest BCUT2D eigenvalue weighted by Crippen LogP contribution is -2.30. The van der Waals surface area contributed by atoms with E-state index in [1.54, 1.807) is 48.5 Å². The van der Waals surface area contributed by atoms with Crippen LogP contribution in [0.2, 0.25) is 0 Å². The molecule has 148 valence electrons. The maximum absolute atomic E-state index is 12.2. The number of hydrogen-bond acceptors (Lipinski definition) is 8. The molecule has 3 aromatic rings. The van der Waals surface area contributed by atoms with Gasteiger partial charge in [-0.3, -0.25) is 15.6 Å². The molecule has 1 aromatic heterocycles. The minimum absolute atomic E-state index is 0.0891. The van der Waals surface area contributed by atoms with Crippen molar-refractivity contribution in [2.75, 3.05) is 18.3 Å². The van der Waals surface area contributed by atoms with Crippen LogP contribution in [0.25, 0.3) is 0 Å². The number of hydrazine groups is 1. The molecule has 3 rings (SSSR count). The number of nitrogens with two attached hydrogens (primary N) is 1. The van der Waals surface area contributed by atoms with Crippen LogP contribution < -0.4 is 21.3 Å².